The fourth-order valence-electron chi connectivity index (χ4n) is 1.71. The van der Waals surface area contributed by atoms with Crippen LogP contribution in [0.4, 0.5) is 0 Å². The smallest absolute Gasteiger partial charge is 0.251 e. The molecule has 0 saturated heterocycles. The molecule has 4 N–H and O–H groups in total. The molecule has 1 aromatic carbocycles. The molecule has 0 aliphatic carbocycles. The molecule has 0 aliphatic rings. The lowest BCUT2D eigenvalue weighted by molar-refractivity contribution is -0.120. The van der Waals surface area contributed by atoms with Crippen LogP contribution in [0, 0.1) is 0 Å². The van der Waals surface area contributed by atoms with Gasteiger partial charge in [-0.25, -0.2) is 0 Å². The molecule has 0 aromatic heterocycles. The van der Waals surface area contributed by atoms with Crippen LogP contribution < -0.4 is 16.4 Å². The molecule has 0 atom stereocenters. The first-order valence-electron chi connectivity index (χ1n) is 6.51. The first-order chi connectivity index (χ1) is 9.17. The molecule has 0 fully saturated rings. The average molecular weight is 263 g/mol. The number of nitrogens with one attached hydrogen (secondary N) is 2. The first kappa shape index (κ1) is 15.2. The lowest BCUT2D eigenvalue weighted by atomic mass is 10.1. The van der Waals surface area contributed by atoms with Gasteiger partial charge in [-0.1, -0.05) is 12.1 Å². The van der Waals surface area contributed by atoms with Crippen molar-refractivity contribution in [1.29, 1.82) is 0 Å². The predicted octanol–water partition coefficient (Wildman–Crippen LogP) is 0.444. The van der Waals surface area contributed by atoms with Crippen molar-refractivity contribution in [2.75, 3.05) is 19.6 Å². The summed E-state index contributed by atoms with van der Waals surface area (Å²) in [6, 6.07) is 7.36. The minimum absolute atomic E-state index is 0.0558. The SMILES string of the molecule is CCNC(=O)CCNC(=O)c1cccc(CCN)c1. The quantitative estimate of drug-likeness (QED) is 0.667. The Kier molecular flexibility index (Phi) is 6.60. The standard InChI is InChI=1S/C14H21N3O2/c1-2-16-13(18)7-9-17-14(19)12-5-3-4-11(10-12)6-8-15/h3-5,10H,2,6-9,15H2,1H3,(H,16,18)(H,17,19). The molecule has 0 aliphatic heterocycles. The Morgan fingerprint density at radius 3 is 2.74 bits per heavy atom. The highest BCUT2D eigenvalue weighted by Crippen LogP contribution is 2.05. The predicted molar refractivity (Wildman–Crippen MR) is 74.8 cm³/mol. The summed E-state index contributed by atoms with van der Waals surface area (Å²) in [7, 11) is 0. The van der Waals surface area contributed by atoms with Crippen LogP contribution in [0.2, 0.25) is 0 Å². The summed E-state index contributed by atoms with van der Waals surface area (Å²) >= 11 is 0. The van der Waals surface area contributed by atoms with Crippen LogP contribution in [0.3, 0.4) is 0 Å². The van der Waals surface area contributed by atoms with Crippen molar-refractivity contribution in [3.8, 4) is 0 Å². The van der Waals surface area contributed by atoms with Gasteiger partial charge in [0.05, 0.1) is 0 Å². The molecule has 0 spiro atoms. The van der Waals surface area contributed by atoms with E-state index in [1.54, 1.807) is 6.07 Å². The van der Waals surface area contributed by atoms with Gasteiger partial charge in [0.15, 0.2) is 0 Å². The van der Waals surface area contributed by atoms with E-state index in [0.29, 0.717) is 31.6 Å². The van der Waals surface area contributed by atoms with E-state index in [1.165, 1.54) is 0 Å². The number of nitrogens with two attached hydrogens (primary N) is 1. The van der Waals surface area contributed by atoms with Crippen molar-refractivity contribution in [3.63, 3.8) is 0 Å². The van der Waals surface area contributed by atoms with Gasteiger partial charge in [0.25, 0.3) is 5.91 Å². The zero-order valence-electron chi connectivity index (χ0n) is 11.2. The Bertz CT molecular complexity index is 432. The Morgan fingerprint density at radius 2 is 2.05 bits per heavy atom. The van der Waals surface area contributed by atoms with Crippen molar-refractivity contribution in [2.24, 2.45) is 5.73 Å². The molecule has 5 heteroatoms. The number of hydrogen-bond acceptors (Lipinski definition) is 3. The maximum atomic E-state index is 11.9. The minimum Gasteiger partial charge on any atom is -0.356 e. The van der Waals surface area contributed by atoms with E-state index in [1.807, 2.05) is 25.1 Å². The number of rotatable bonds is 7. The second-order valence-corrected chi connectivity index (χ2v) is 4.20. The van der Waals surface area contributed by atoms with E-state index >= 15 is 0 Å². The summed E-state index contributed by atoms with van der Waals surface area (Å²) < 4.78 is 0. The van der Waals surface area contributed by atoms with Gasteiger partial charge in [0, 0.05) is 25.1 Å². The zero-order chi connectivity index (χ0) is 14.1. The molecule has 1 rings (SSSR count). The summed E-state index contributed by atoms with van der Waals surface area (Å²) in [5, 5.41) is 5.41. The normalized spacial score (nSPS) is 10.0. The molecule has 0 radical (unpaired) electrons. The van der Waals surface area contributed by atoms with E-state index in [-0.39, 0.29) is 11.8 Å². The van der Waals surface area contributed by atoms with Crippen molar-refractivity contribution in [1.82, 2.24) is 10.6 Å². The highest BCUT2D eigenvalue weighted by Gasteiger charge is 2.06. The van der Waals surface area contributed by atoms with Gasteiger partial charge in [-0.15, -0.1) is 0 Å². The third-order valence-electron chi connectivity index (χ3n) is 2.63. The monoisotopic (exact) mass is 263 g/mol. The Hall–Kier alpha value is -1.88. The van der Waals surface area contributed by atoms with Crippen molar-refractivity contribution in [3.05, 3.63) is 35.4 Å². The van der Waals surface area contributed by atoms with Gasteiger partial charge >= 0.3 is 0 Å². The van der Waals surface area contributed by atoms with Gasteiger partial charge in [-0.05, 0) is 37.6 Å². The lowest BCUT2D eigenvalue weighted by Crippen LogP contribution is -2.30. The largest absolute Gasteiger partial charge is 0.356 e. The fourth-order valence-corrected chi connectivity index (χ4v) is 1.71. The third kappa shape index (κ3) is 5.52. The van der Waals surface area contributed by atoms with E-state index in [4.69, 9.17) is 5.73 Å². The topological polar surface area (TPSA) is 84.2 Å². The third-order valence-corrected chi connectivity index (χ3v) is 2.63. The van der Waals surface area contributed by atoms with Crippen LogP contribution in [0.1, 0.15) is 29.3 Å². The van der Waals surface area contributed by atoms with Crippen molar-refractivity contribution < 1.29 is 9.59 Å². The molecule has 0 saturated carbocycles. The Morgan fingerprint density at radius 1 is 1.26 bits per heavy atom. The Labute approximate surface area is 113 Å². The van der Waals surface area contributed by atoms with Gasteiger partial charge in [0.2, 0.25) is 5.91 Å². The van der Waals surface area contributed by atoms with E-state index in [0.717, 1.165) is 12.0 Å². The number of hydrogen-bond donors (Lipinski definition) is 3. The van der Waals surface area contributed by atoms with Crippen molar-refractivity contribution in [2.45, 2.75) is 19.8 Å². The molecule has 104 valence electrons. The van der Waals surface area contributed by atoms with Gasteiger partial charge in [-0.2, -0.15) is 0 Å². The summed E-state index contributed by atoms with van der Waals surface area (Å²) in [6.45, 7) is 3.36. The van der Waals surface area contributed by atoms with Crippen LogP contribution in [-0.2, 0) is 11.2 Å². The molecule has 0 bridgehead atoms. The van der Waals surface area contributed by atoms with Crippen LogP contribution in [-0.4, -0.2) is 31.4 Å². The molecule has 0 unspecified atom stereocenters. The second-order valence-electron chi connectivity index (χ2n) is 4.20. The minimum atomic E-state index is -0.164. The molecule has 5 nitrogen and oxygen atoms in total. The Balaban J connectivity index is 2.44. The number of carbonyl (C=O) groups is 2. The molecular formula is C14H21N3O2. The zero-order valence-corrected chi connectivity index (χ0v) is 11.2. The lowest BCUT2D eigenvalue weighted by Gasteiger charge is -2.07. The van der Waals surface area contributed by atoms with Crippen LogP contribution >= 0.6 is 0 Å². The fraction of sp³-hybridized carbons (Fsp3) is 0.429. The maximum absolute atomic E-state index is 11.9. The summed E-state index contributed by atoms with van der Waals surface area (Å²) in [4.78, 5) is 23.1. The number of carbonyl (C=O) groups excluding carboxylic acids is 2. The number of benzene rings is 1. The van der Waals surface area contributed by atoms with Gasteiger partial charge < -0.3 is 16.4 Å². The average Bonchev–Trinajstić information content (AvgIpc) is 2.39. The summed E-state index contributed by atoms with van der Waals surface area (Å²) in [5.74, 6) is -0.220. The highest BCUT2D eigenvalue weighted by atomic mass is 16.2. The molecule has 1 aromatic rings. The van der Waals surface area contributed by atoms with E-state index < -0.39 is 0 Å². The summed E-state index contributed by atoms with van der Waals surface area (Å²) in [5.41, 5.74) is 7.12. The van der Waals surface area contributed by atoms with Crippen LogP contribution in [0.25, 0.3) is 0 Å². The van der Waals surface area contributed by atoms with Crippen LogP contribution in [0.5, 0.6) is 0 Å². The molecule has 0 heterocycles. The van der Waals surface area contributed by atoms with E-state index in [9.17, 15) is 9.59 Å². The molecule has 2 amide bonds. The summed E-state index contributed by atoms with van der Waals surface area (Å²) in [6.07, 6.45) is 1.04. The molecular weight excluding hydrogens is 242 g/mol. The number of amides is 2. The van der Waals surface area contributed by atoms with Gasteiger partial charge in [-0.3, -0.25) is 9.59 Å². The highest BCUT2D eigenvalue weighted by molar-refractivity contribution is 5.94. The first-order valence-corrected chi connectivity index (χ1v) is 6.51. The maximum Gasteiger partial charge on any atom is 0.251 e. The van der Waals surface area contributed by atoms with E-state index in [2.05, 4.69) is 10.6 Å². The van der Waals surface area contributed by atoms with Crippen molar-refractivity contribution >= 4 is 11.8 Å². The second kappa shape index (κ2) is 8.26. The molecule has 19 heavy (non-hydrogen) atoms. The van der Waals surface area contributed by atoms with Crippen LogP contribution in [0.15, 0.2) is 24.3 Å². The van der Waals surface area contributed by atoms with Gasteiger partial charge in [0.1, 0.15) is 0 Å².